The fourth-order valence-corrected chi connectivity index (χ4v) is 2.10. The van der Waals surface area contributed by atoms with Crippen LogP contribution in [-0.2, 0) is 4.79 Å². The lowest BCUT2D eigenvalue weighted by Gasteiger charge is -2.06. The van der Waals surface area contributed by atoms with Crippen molar-refractivity contribution >= 4 is 29.0 Å². The van der Waals surface area contributed by atoms with E-state index >= 15 is 0 Å². The van der Waals surface area contributed by atoms with E-state index in [0.29, 0.717) is 5.69 Å². The number of carbonyl (C=O) groups excluding carboxylic acids is 1. The third-order valence-corrected chi connectivity index (χ3v) is 3.11. The number of anilines is 1. The number of hydrogen-bond acceptors (Lipinski definition) is 3. The van der Waals surface area contributed by atoms with Crippen LogP contribution >= 0.6 is 11.3 Å². The minimum atomic E-state index is -2.89. The van der Waals surface area contributed by atoms with Crippen molar-refractivity contribution in [3.8, 4) is 5.75 Å². The van der Waals surface area contributed by atoms with Crippen molar-refractivity contribution in [3.05, 3.63) is 52.7 Å². The predicted octanol–water partition coefficient (Wildman–Crippen LogP) is 4.00. The van der Waals surface area contributed by atoms with E-state index < -0.39 is 6.61 Å². The first kappa shape index (κ1) is 14.2. The Kier molecular flexibility index (Phi) is 4.84. The molecule has 3 nitrogen and oxygen atoms in total. The standard InChI is InChI=1S/C14H11F2NO2S/c15-14(16)19-11-4-1-3-10(9-11)17-13(18)7-6-12-5-2-8-20-12/h1-9,14H,(H,17,18)/b7-6+. The van der Waals surface area contributed by atoms with E-state index in [2.05, 4.69) is 10.1 Å². The van der Waals surface area contributed by atoms with Crippen molar-refractivity contribution in [2.24, 2.45) is 0 Å². The largest absolute Gasteiger partial charge is 0.435 e. The minimum Gasteiger partial charge on any atom is -0.435 e. The van der Waals surface area contributed by atoms with E-state index in [1.165, 1.54) is 35.6 Å². The maximum atomic E-state index is 12.1. The Bertz CT molecular complexity index is 597. The normalized spacial score (nSPS) is 10.9. The van der Waals surface area contributed by atoms with Gasteiger partial charge in [0.15, 0.2) is 0 Å². The second kappa shape index (κ2) is 6.81. The molecular formula is C14H11F2NO2S. The van der Waals surface area contributed by atoms with Crippen molar-refractivity contribution in [2.75, 3.05) is 5.32 Å². The summed E-state index contributed by atoms with van der Waals surface area (Å²) in [5, 5.41) is 4.48. The second-order valence-corrected chi connectivity index (χ2v) is 4.72. The smallest absolute Gasteiger partial charge is 0.387 e. The van der Waals surface area contributed by atoms with Crippen LogP contribution in [0.1, 0.15) is 4.88 Å². The van der Waals surface area contributed by atoms with Crippen molar-refractivity contribution in [1.29, 1.82) is 0 Å². The molecule has 0 fully saturated rings. The molecule has 0 saturated carbocycles. The Balaban J connectivity index is 1.97. The van der Waals surface area contributed by atoms with Gasteiger partial charge >= 0.3 is 6.61 Å². The number of thiophene rings is 1. The maximum absolute atomic E-state index is 12.1. The van der Waals surface area contributed by atoms with E-state index in [-0.39, 0.29) is 11.7 Å². The van der Waals surface area contributed by atoms with Crippen LogP contribution in [0.15, 0.2) is 47.9 Å². The molecule has 0 unspecified atom stereocenters. The van der Waals surface area contributed by atoms with Crippen molar-refractivity contribution < 1.29 is 18.3 Å². The molecule has 6 heteroatoms. The quantitative estimate of drug-likeness (QED) is 0.847. The van der Waals surface area contributed by atoms with Gasteiger partial charge in [0.2, 0.25) is 5.91 Å². The van der Waals surface area contributed by atoms with E-state index in [0.717, 1.165) is 4.88 Å². The Hall–Kier alpha value is -2.21. The van der Waals surface area contributed by atoms with Crippen LogP contribution in [0.5, 0.6) is 5.75 Å². The van der Waals surface area contributed by atoms with Crippen LogP contribution in [0, 0.1) is 0 Å². The maximum Gasteiger partial charge on any atom is 0.387 e. The molecular weight excluding hydrogens is 284 g/mol. The number of benzene rings is 1. The molecule has 104 valence electrons. The molecule has 1 aromatic carbocycles. The highest BCUT2D eigenvalue weighted by Crippen LogP contribution is 2.19. The Morgan fingerprint density at radius 2 is 2.15 bits per heavy atom. The number of nitrogens with one attached hydrogen (secondary N) is 1. The van der Waals surface area contributed by atoms with Crippen molar-refractivity contribution in [1.82, 2.24) is 0 Å². The molecule has 2 aromatic rings. The van der Waals surface area contributed by atoms with Gasteiger partial charge in [-0.3, -0.25) is 4.79 Å². The fraction of sp³-hybridized carbons (Fsp3) is 0.0714. The van der Waals surface area contributed by atoms with Gasteiger partial charge < -0.3 is 10.1 Å². The molecule has 0 bridgehead atoms. The SMILES string of the molecule is O=C(/C=C/c1cccs1)Nc1cccc(OC(F)F)c1. The molecule has 1 N–H and O–H groups in total. The lowest BCUT2D eigenvalue weighted by Crippen LogP contribution is -2.08. The molecule has 0 aliphatic carbocycles. The summed E-state index contributed by atoms with van der Waals surface area (Å²) < 4.78 is 28.4. The summed E-state index contributed by atoms with van der Waals surface area (Å²) in [4.78, 5) is 12.6. The first-order valence-electron chi connectivity index (χ1n) is 5.71. The molecule has 1 aromatic heterocycles. The summed E-state index contributed by atoms with van der Waals surface area (Å²) in [5.74, 6) is -0.340. The van der Waals surface area contributed by atoms with E-state index in [9.17, 15) is 13.6 Å². The Morgan fingerprint density at radius 1 is 1.30 bits per heavy atom. The van der Waals surface area contributed by atoms with Gasteiger partial charge in [0.05, 0.1) is 0 Å². The Labute approximate surface area is 118 Å². The van der Waals surface area contributed by atoms with Gasteiger partial charge in [-0.05, 0) is 29.7 Å². The molecule has 1 heterocycles. The number of hydrogen-bond donors (Lipinski definition) is 1. The van der Waals surface area contributed by atoms with Crippen LogP contribution < -0.4 is 10.1 Å². The number of amides is 1. The highest BCUT2D eigenvalue weighted by Gasteiger charge is 2.05. The summed E-state index contributed by atoms with van der Waals surface area (Å²) in [6.07, 6.45) is 3.06. The first-order valence-corrected chi connectivity index (χ1v) is 6.59. The van der Waals surface area contributed by atoms with Gasteiger partial charge in [0.1, 0.15) is 5.75 Å². The third-order valence-electron chi connectivity index (χ3n) is 2.27. The zero-order valence-electron chi connectivity index (χ0n) is 10.3. The minimum absolute atomic E-state index is 0.0000337. The fourth-order valence-electron chi connectivity index (χ4n) is 1.48. The second-order valence-electron chi connectivity index (χ2n) is 3.74. The van der Waals surface area contributed by atoms with Crippen LogP contribution in [0.3, 0.4) is 0 Å². The van der Waals surface area contributed by atoms with Crippen LogP contribution in [-0.4, -0.2) is 12.5 Å². The lowest BCUT2D eigenvalue weighted by atomic mass is 10.3. The van der Waals surface area contributed by atoms with E-state index in [1.807, 2.05) is 17.5 Å². The number of rotatable bonds is 5. The summed E-state index contributed by atoms with van der Waals surface area (Å²) >= 11 is 1.51. The summed E-state index contributed by atoms with van der Waals surface area (Å²) in [6.45, 7) is -2.89. The Morgan fingerprint density at radius 3 is 2.85 bits per heavy atom. The number of carbonyl (C=O) groups is 1. The van der Waals surface area contributed by atoms with E-state index in [1.54, 1.807) is 12.1 Å². The number of ether oxygens (including phenoxy) is 1. The zero-order valence-corrected chi connectivity index (χ0v) is 11.1. The summed E-state index contributed by atoms with van der Waals surface area (Å²) in [5.41, 5.74) is 0.393. The molecule has 20 heavy (non-hydrogen) atoms. The average Bonchev–Trinajstić information content (AvgIpc) is 2.89. The molecule has 2 rings (SSSR count). The molecule has 1 amide bonds. The average molecular weight is 295 g/mol. The van der Waals surface area contributed by atoms with Gasteiger partial charge in [-0.15, -0.1) is 11.3 Å². The van der Waals surface area contributed by atoms with Crippen LogP contribution in [0.2, 0.25) is 0 Å². The molecule has 0 saturated heterocycles. The highest BCUT2D eigenvalue weighted by atomic mass is 32.1. The van der Waals surface area contributed by atoms with Crippen molar-refractivity contribution in [2.45, 2.75) is 6.61 Å². The predicted molar refractivity (Wildman–Crippen MR) is 75.1 cm³/mol. The molecule has 0 aliphatic rings. The van der Waals surface area contributed by atoms with Crippen molar-refractivity contribution in [3.63, 3.8) is 0 Å². The molecule has 0 aliphatic heterocycles. The van der Waals surface area contributed by atoms with Gasteiger partial charge in [0, 0.05) is 22.7 Å². The topological polar surface area (TPSA) is 38.3 Å². The van der Waals surface area contributed by atoms with Gasteiger partial charge in [-0.2, -0.15) is 8.78 Å². The molecule has 0 radical (unpaired) electrons. The third kappa shape index (κ3) is 4.47. The van der Waals surface area contributed by atoms with Gasteiger partial charge in [-0.25, -0.2) is 0 Å². The first-order chi connectivity index (χ1) is 9.63. The monoisotopic (exact) mass is 295 g/mol. The highest BCUT2D eigenvalue weighted by molar-refractivity contribution is 7.10. The number of halogens is 2. The van der Waals surface area contributed by atoms with Crippen LogP contribution in [0.4, 0.5) is 14.5 Å². The lowest BCUT2D eigenvalue weighted by molar-refractivity contribution is -0.111. The molecule has 0 spiro atoms. The molecule has 0 atom stereocenters. The van der Waals surface area contributed by atoms with E-state index in [4.69, 9.17) is 0 Å². The zero-order chi connectivity index (χ0) is 14.4. The van der Waals surface area contributed by atoms with Gasteiger partial charge in [-0.1, -0.05) is 12.1 Å². The van der Waals surface area contributed by atoms with Crippen LogP contribution in [0.25, 0.3) is 6.08 Å². The number of alkyl halides is 2. The summed E-state index contributed by atoms with van der Waals surface area (Å²) in [7, 11) is 0. The van der Waals surface area contributed by atoms with Gasteiger partial charge in [0.25, 0.3) is 0 Å². The summed E-state index contributed by atoms with van der Waals surface area (Å²) in [6, 6.07) is 9.61.